The molecule has 0 radical (unpaired) electrons. The number of hydrogen-bond acceptors (Lipinski definition) is 7. The minimum atomic E-state index is -1.14. The van der Waals surface area contributed by atoms with Gasteiger partial charge in [-0.3, -0.25) is 9.59 Å². The van der Waals surface area contributed by atoms with Gasteiger partial charge < -0.3 is 28.6 Å². The fourth-order valence-electron chi connectivity index (χ4n) is 5.41. The van der Waals surface area contributed by atoms with Crippen molar-refractivity contribution < 1.29 is 38.2 Å². The van der Waals surface area contributed by atoms with E-state index in [0.29, 0.717) is 12.8 Å². The van der Waals surface area contributed by atoms with Crippen LogP contribution in [0.5, 0.6) is 0 Å². The zero-order chi connectivity index (χ0) is 39.3. The number of hydrogen-bond donors (Lipinski definition) is 0. The van der Waals surface area contributed by atoms with Crippen molar-refractivity contribution in [1.82, 2.24) is 0 Å². The molecule has 0 amide bonds. The summed E-state index contributed by atoms with van der Waals surface area (Å²) in [6.45, 7) is 4.49. The van der Waals surface area contributed by atoms with Gasteiger partial charge in [0.1, 0.15) is 12.6 Å². The third kappa shape index (κ3) is 34.3. The molecule has 0 rings (SSSR count). The number of quaternary nitrogens is 1. The third-order valence-electron chi connectivity index (χ3n) is 8.69. The Labute approximate surface area is 323 Å². The second-order valence-corrected chi connectivity index (χ2v) is 14.6. The van der Waals surface area contributed by atoms with E-state index in [1.54, 1.807) is 21.1 Å². The summed E-state index contributed by atoms with van der Waals surface area (Å²) in [5, 5.41) is 11.6. The molecule has 8 nitrogen and oxygen atoms in total. The number of esters is 2. The lowest BCUT2D eigenvalue weighted by Gasteiger charge is -2.34. The maximum Gasteiger partial charge on any atom is 0.306 e. The van der Waals surface area contributed by atoms with Gasteiger partial charge in [-0.05, 0) is 57.8 Å². The number of carboxylic acid groups (broad SMARTS) is 1. The highest BCUT2D eigenvalue weighted by Crippen LogP contribution is 2.12. The number of carboxylic acids is 1. The van der Waals surface area contributed by atoms with Crippen LogP contribution in [0.4, 0.5) is 0 Å². The van der Waals surface area contributed by atoms with Gasteiger partial charge >= 0.3 is 11.9 Å². The molecule has 0 fully saturated rings. The molecule has 0 aromatic heterocycles. The lowest BCUT2D eigenvalue weighted by atomic mass is 10.1. The largest absolute Gasteiger partial charge is 0.544 e. The van der Waals surface area contributed by atoms with Gasteiger partial charge in [-0.1, -0.05) is 138 Å². The normalized spacial score (nSPS) is 13.8. The Morgan fingerprint density at radius 2 is 1.02 bits per heavy atom. The van der Waals surface area contributed by atoms with E-state index in [4.69, 9.17) is 14.2 Å². The number of likely N-dealkylation sites (N-methyl/N-ethyl adjacent to an activating group) is 1. The van der Waals surface area contributed by atoms with Crippen LogP contribution in [0.3, 0.4) is 0 Å². The molecule has 0 aromatic rings. The fourth-order valence-corrected chi connectivity index (χ4v) is 5.41. The van der Waals surface area contributed by atoms with E-state index >= 15 is 0 Å². The van der Waals surface area contributed by atoms with E-state index in [9.17, 15) is 19.5 Å². The minimum Gasteiger partial charge on any atom is -0.544 e. The zero-order valence-electron chi connectivity index (χ0n) is 34.2. The summed E-state index contributed by atoms with van der Waals surface area (Å²) in [4.78, 5) is 36.7. The molecule has 0 spiro atoms. The van der Waals surface area contributed by atoms with E-state index in [1.807, 2.05) is 12.2 Å². The summed E-state index contributed by atoms with van der Waals surface area (Å²) >= 11 is 0. The van der Waals surface area contributed by atoms with Gasteiger partial charge in [0, 0.05) is 19.3 Å². The molecule has 302 valence electrons. The topological polar surface area (TPSA) is 102 Å². The van der Waals surface area contributed by atoms with Gasteiger partial charge in [0.05, 0.1) is 40.3 Å². The molecular formula is C45H75NO7. The minimum absolute atomic E-state index is 0.0178. The first-order valence-corrected chi connectivity index (χ1v) is 20.5. The molecule has 0 N–H and O–H groups in total. The molecular weight excluding hydrogens is 666 g/mol. The molecule has 0 saturated carbocycles. The smallest absolute Gasteiger partial charge is 0.306 e. The lowest BCUT2D eigenvalue weighted by molar-refractivity contribution is -0.889. The van der Waals surface area contributed by atoms with Crippen molar-refractivity contribution in [1.29, 1.82) is 0 Å². The summed E-state index contributed by atoms with van der Waals surface area (Å²) in [6.07, 6.45) is 43.5. The number of rotatable bonds is 35. The standard InChI is InChI=1S/C45H75NO7/c1-6-8-10-12-14-16-18-19-20-21-22-23-24-26-27-29-31-33-35-43(47)52-40-41(39-51-38-37-42(45(49)50)46(3,4)5)53-44(48)36-34-32-30-28-25-17-15-13-11-9-7-2/h13-23,25,41-42H,6-12,24,26-40H2,1-5H3/b15-13+,16-14+,19-18+,21-20+,23-22+,25-17+. The van der Waals surface area contributed by atoms with Crippen molar-refractivity contribution in [2.75, 3.05) is 41.0 Å². The Hall–Kier alpha value is -3.23. The first kappa shape index (κ1) is 49.8. The van der Waals surface area contributed by atoms with Gasteiger partial charge in [-0.15, -0.1) is 0 Å². The Bertz CT molecular complexity index is 1100. The van der Waals surface area contributed by atoms with Crippen molar-refractivity contribution in [3.8, 4) is 0 Å². The third-order valence-corrected chi connectivity index (χ3v) is 8.69. The van der Waals surface area contributed by atoms with Gasteiger partial charge in [0.2, 0.25) is 0 Å². The fraction of sp³-hybridized carbons (Fsp3) is 0.667. The van der Waals surface area contributed by atoms with Crippen LogP contribution in [0.15, 0.2) is 72.9 Å². The second-order valence-electron chi connectivity index (χ2n) is 14.6. The molecule has 0 heterocycles. The number of unbranched alkanes of at least 4 members (excludes halogenated alkanes) is 13. The van der Waals surface area contributed by atoms with E-state index in [1.165, 1.54) is 32.1 Å². The Morgan fingerprint density at radius 3 is 1.57 bits per heavy atom. The van der Waals surface area contributed by atoms with Crippen LogP contribution >= 0.6 is 0 Å². The summed E-state index contributed by atoms with van der Waals surface area (Å²) < 4.78 is 17.0. The maximum atomic E-state index is 12.6. The quantitative estimate of drug-likeness (QED) is 0.0276. The first-order valence-electron chi connectivity index (χ1n) is 20.5. The molecule has 0 aromatic carbocycles. The van der Waals surface area contributed by atoms with Gasteiger partial charge in [-0.2, -0.15) is 0 Å². The molecule has 0 aliphatic rings. The summed E-state index contributed by atoms with van der Waals surface area (Å²) in [5.74, 6) is -1.81. The molecule has 0 bridgehead atoms. The highest BCUT2D eigenvalue weighted by molar-refractivity contribution is 5.70. The van der Waals surface area contributed by atoms with Crippen LogP contribution in [0.1, 0.15) is 142 Å². The van der Waals surface area contributed by atoms with Crippen LogP contribution in [0, 0.1) is 0 Å². The monoisotopic (exact) mass is 742 g/mol. The molecule has 8 heteroatoms. The summed E-state index contributed by atoms with van der Waals surface area (Å²) in [5.41, 5.74) is 0. The average molecular weight is 742 g/mol. The van der Waals surface area contributed by atoms with Gasteiger partial charge in [0.25, 0.3) is 0 Å². The molecule has 0 saturated heterocycles. The Balaban J connectivity index is 4.46. The molecule has 53 heavy (non-hydrogen) atoms. The number of carbonyl (C=O) groups is 3. The van der Waals surface area contributed by atoms with Crippen molar-refractivity contribution in [2.45, 2.75) is 154 Å². The lowest BCUT2D eigenvalue weighted by Crippen LogP contribution is -2.55. The number of allylic oxidation sites excluding steroid dienone is 12. The summed E-state index contributed by atoms with van der Waals surface area (Å²) in [6, 6.07) is -0.737. The van der Waals surface area contributed by atoms with Crippen LogP contribution < -0.4 is 5.11 Å². The molecule has 2 atom stereocenters. The molecule has 0 aliphatic heterocycles. The average Bonchev–Trinajstić information content (AvgIpc) is 3.11. The second kappa shape index (κ2) is 35.8. The highest BCUT2D eigenvalue weighted by atomic mass is 16.6. The van der Waals surface area contributed by atoms with Crippen molar-refractivity contribution in [2.24, 2.45) is 0 Å². The SMILES string of the molecule is CCCC/C=C/C=C/CCCCCC(=O)OC(COCCC(C(=O)[O-])[N+](C)(C)C)COC(=O)CCCCCCC/C=C/C=C/C=C/C=C/CCCCC. The number of ether oxygens (including phenoxy) is 3. The summed E-state index contributed by atoms with van der Waals surface area (Å²) in [7, 11) is 5.37. The maximum absolute atomic E-state index is 12.6. The van der Waals surface area contributed by atoms with Crippen molar-refractivity contribution in [3.05, 3.63) is 72.9 Å². The first-order chi connectivity index (χ1) is 25.6. The van der Waals surface area contributed by atoms with E-state index in [0.717, 1.165) is 70.6 Å². The van der Waals surface area contributed by atoms with Gasteiger partial charge in [0.15, 0.2) is 6.10 Å². The zero-order valence-corrected chi connectivity index (χ0v) is 34.2. The predicted molar refractivity (Wildman–Crippen MR) is 217 cm³/mol. The van der Waals surface area contributed by atoms with Crippen LogP contribution in [0.25, 0.3) is 0 Å². The number of aliphatic carboxylic acids is 1. The number of nitrogens with zero attached hydrogens (tertiary/aromatic N) is 1. The van der Waals surface area contributed by atoms with E-state index < -0.39 is 18.1 Å². The predicted octanol–water partition coefficient (Wildman–Crippen LogP) is 9.46. The van der Waals surface area contributed by atoms with Crippen molar-refractivity contribution >= 4 is 17.9 Å². The van der Waals surface area contributed by atoms with Crippen LogP contribution in [-0.2, 0) is 28.6 Å². The van der Waals surface area contributed by atoms with Gasteiger partial charge in [-0.25, -0.2) is 0 Å². The number of carbonyl (C=O) groups excluding carboxylic acids is 3. The van der Waals surface area contributed by atoms with Crippen LogP contribution in [0.2, 0.25) is 0 Å². The molecule has 2 unspecified atom stereocenters. The highest BCUT2D eigenvalue weighted by Gasteiger charge is 2.25. The Morgan fingerprint density at radius 1 is 0.566 bits per heavy atom. The van der Waals surface area contributed by atoms with E-state index in [2.05, 4.69) is 74.6 Å². The molecule has 0 aliphatic carbocycles. The van der Waals surface area contributed by atoms with Crippen LogP contribution in [-0.4, -0.2) is 75.5 Å². The van der Waals surface area contributed by atoms with E-state index in [-0.39, 0.29) is 49.1 Å². The Kier molecular flexibility index (Phi) is 33.6. The van der Waals surface area contributed by atoms with Crippen molar-refractivity contribution in [3.63, 3.8) is 0 Å².